The average molecular weight is 532 g/mol. The fraction of sp³-hybridized carbons (Fsp3) is 0.304. The van der Waals surface area contributed by atoms with E-state index in [1.54, 1.807) is 13.3 Å². The second-order valence-corrected chi connectivity index (χ2v) is 7.29. The van der Waals surface area contributed by atoms with Gasteiger partial charge in [0.2, 0.25) is 0 Å². The zero-order valence-electron chi connectivity index (χ0n) is 17.9. The molecular weight excluding hydrogens is 503 g/mol. The molecule has 0 aliphatic carbocycles. The summed E-state index contributed by atoms with van der Waals surface area (Å²) in [6.07, 6.45) is 4.78. The molecule has 2 heterocycles. The van der Waals surface area contributed by atoms with E-state index in [2.05, 4.69) is 56.0 Å². The highest BCUT2D eigenvalue weighted by Gasteiger charge is 2.25. The lowest BCUT2D eigenvalue weighted by Gasteiger charge is -2.22. The van der Waals surface area contributed by atoms with Gasteiger partial charge in [-0.25, -0.2) is 4.68 Å². The van der Waals surface area contributed by atoms with Crippen molar-refractivity contribution in [3.63, 3.8) is 0 Å². The van der Waals surface area contributed by atoms with Crippen molar-refractivity contribution < 1.29 is 4.74 Å². The molecule has 1 saturated heterocycles. The monoisotopic (exact) mass is 532 g/mol. The minimum atomic E-state index is 0. The maximum Gasteiger partial charge on any atom is 0.191 e. The van der Waals surface area contributed by atoms with Gasteiger partial charge in [0.05, 0.1) is 18.5 Å². The molecule has 1 unspecified atom stereocenters. The van der Waals surface area contributed by atoms with Crippen LogP contribution in [0.3, 0.4) is 0 Å². The number of nitrogens with one attached hydrogen (secondary N) is 2. The van der Waals surface area contributed by atoms with Gasteiger partial charge >= 0.3 is 0 Å². The Bertz CT molecular complexity index is 991. The largest absolute Gasteiger partial charge is 0.495 e. The van der Waals surface area contributed by atoms with E-state index in [1.165, 1.54) is 5.56 Å². The van der Waals surface area contributed by atoms with Gasteiger partial charge in [-0.2, -0.15) is 5.10 Å². The predicted molar refractivity (Wildman–Crippen MR) is 136 cm³/mol. The van der Waals surface area contributed by atoms with E-state index in [0.29, 0.717) is 12.6 Å². The molecular formula is C23H29IN6O. The highest BCUT2D eigenvalue weighted by Crippen LogP contribution is 2.30. The molecule has 1 aliphatic rings. The first kappa shape index (κ1) is 22.9. The molecule has 0 amide bonds. The maximum atomic E-state index is 5.51. The van der Waals surface area contributed by atoms with Gasteiger partial charge in [0, 0.05) is 45.1 Å². The predicted octanol–water partition coefficient (Wildman–Crippen LogP) is 3.44. The van der Waals surface area contributed by atoms with Crippen molar-refractivity contribution in [2.45, 2.75) is 19.0 Å². The van der Waals surface area contributed by atoms with Gasteiger partial charge < -0.3 is 20.3 Å². The second-order valence-electron chi connectivity index (χ2n) is 7.29. The van der Waals surface area contributed by atoms with Crippen LogP contribution in [0.2, 0.25) is 0 Å². The molecule has 1 aromatic heterocycles. The number of hydrogen-bond acceptors (Lipinski definition) is 4. The first-order valence-electron chi connectivity index (χ1n) is 10.2. The van der Waals surface area contributed by atoms with Gasteiger partial charge in [-0.1, -0.05) is 24.3 Å². The van der Waals surface area contributed by atoms with Crippen LogP contribution in [0, 0.1) is 0 Å². The average Bonchev–Trinajstić information content (AvgIpc) is 3.49. The van der Waals surface area contributed by atoms with Crippen molar-refractivity contribution in [3.05, 3.63) is 72.6 Å². The Hall–Kier alpha value is -2.75. The minimum absolute atomic E-state index is 0. The molecule has 7 nitrogen and oxygen atoms in total. The Labute approximate surface area is 200 Å². The molecule has 4 rings (SSSR count). The molecule has 1 aliphatic heterocycles. The number of para-hydroxylation sites is 2. The molecule has 0 spiro atoms. The standard InChI is InChI=1S/C23H28N6O.HI/c1-24-23(25-16-18-7-5-8-20(15-18)29-13-6-12-26-29)27-19-11-14-28(17-19)21-9-3-4-10-22(21)30-2;/h3-10,12-13,15,19H,11,14,16-17H2,1-2H3,(H2,24,25,27);1H. The van der Waals surface area contributed by atoms with Crippen LogP contribution >= 0.6 is 24.0 Å². The van der Waals surface area contributed by atoms with Crippen LogP contribution in [-0.2, 0) is 6.54 Å². The molecule has 3 aromatic rings. The third-order valence-electron chi connectivity index (χ3n) is 5.32. The molecule has 164 valence electrons. The van der Waals surface area contributed by atoms with Gasteiger partial charge in [0.25, 0.3) is 0 Å². The fourth-order valence-electron chi connectivity index (χ4n) is 3.79. The number of benzene rings is 2. The van der Waals surface area contributed by atoms with Gasteiger partial charge in [-0.05, 0) is 42.3 Å². The summed E-state index contributed by atoms with van der Waals surface area (Å²) >= 11 is 0. The Morgan fingerprint density at radius 2 is 2.06 bits per heavy atom. The second kappa shape index (κ2) is 11.0. The topological polar surface area (TPSA) is 66.7 Å². The van der Waals surface area contributed by atoms with Crippen LogP contribution in [0.4, 0.5) is 5.69 Å². The van der Waals surface area contributed by atoms with E-state index in [4.69, 9.17) is 4.74 Å². The summed E-state index contributed by atoms with van der Waals surface area (Å²) in [7, 11) is 3.53. The molecule has 8 heteroatoms. The summed E-state index contributed by atoms with van der Waals surface area (Å²) in [5.41, 5.74) is 3.36. The molecule has 2 N–H and O–H groups in total. The number of nitrogens with zero attached hydrogens (tertiary/aromatic N) is 4. The Kier molecular flexibility index (Phi) is 8.16. The number of guanidine groups is 1. The first-order valence-corrected chi connectivity index (χ1v) is 10.2. The van der Waals surface area contributed by atoms with Crippen LogP contribution in [0.1, 0.15) is 12.0 Å². The number of ether oxygens (including phenoxy) is 1. The van der Waals surface area contributed by atoms with Crippen molar-refractivity contribution in [2.75, 3.05) is 32.1 Å². The van der Waals surface area contributed by atoms with Gasteiger partial charge in [0.15, 0.2) is 5.96 Å². The molecule has 0 saturated carbocycles. The Balaban J connectivity index is 0.00000272. The third kappa shape index (κ3) is 5.69. The van der Waals surface area contributed by atoms with Crippen LogP contribution < -0.4 is 20.3 Å². The number of rotatable bonds is 6. The van der Waals surface area contributed by atoms with Crippen LogP contribution in [0.5, 0.6) is 5.75 Å². The number of aliphatic imine (C=N–C) groups is 1. The number of methoxy groups -OCH3 is 1. The lowest BCUT2D eigenvalue weighted by Crippen LogP contribution is -2.44. The lowest BCUT2D eigenvalue weighted by atomic mass is 10.2. The number of aromatic nitrogens is 2. The Morgan fingerprint density at radius 3 is 2.84 bits per heavy atom. The van der Waals surface area contributed by atoms with Crippen molar-refractivity contribution in [3.8, 4) is 11.4 Å². The third-order valence-corrected chi connectivity index (χ3v) is 5.32. The van der Waals surface area contributed by atoms with Crippen LogP contribution in [0.25, 0.3) is 5.69 Å². The van der Waals surface area contributed by atoms with Crippen molar-refractivity contribution in [1.29, 1.82) is 0 Å². The van der Waals surface area contributed by atoms with E-state index >= 15 is 0 Å². The van der Waals surface area contributed by atoms with Crippen molar-refractivity contribution in [2.24, 2.45) is 4.99 Å². The zero-order valence-corrected chi connectivity index (χ0v) is 20.2. The van der Waals surface area contributed by atoms with Crippen molar-refractivity contribution in [1.82, 2.24) is 20.4 Å². The summed E-state index contributed by atoms with van der Waals surface area (Å²) in [5.74, 6) is 1.73. The molecule has 31 heavy (non-hydrogen) atoms. The Morgan fingerprint density at radius 1 is 1.19 bits per heavy atom. The SMILES string of the molecule is CN=C(NCc1cccc(-n2cccn2)c1)NC1CCN(c2ccccc2OC)C1.I. The van der Waals surface area contributed by atoms with Gasteiger partial charge in [-0.3, -0.25) is 4.99 Å². The van der Waals surface area contributed by atoms with Crippen molar-refractivity contribution >= 4 is 35.6 Å². The summed E-state index contributed by atoms with van der Waals surface area (Å²) < 4.78 is 7.38. The van der Waals surface area contributed by atoms with Gasteiger partial charge in [0.1, 0.15) is 5.75 Å². The van der Waals surface area contributed by atoms with E-state index in [9.17, 15) is 0 Å². The van der Waals surface area contributed by atoms with E-state index < -0.39 is 0 Å². The van der Waals surface area contributed by atoms with E-state index in [0.717, 1.165) is 42.6 Å². The van der Waals surface area contributed by atoms with Crippen LogP contribution in [0.15, 0.2) is 72.0 Å². The summed E-state index contributed by atoms with van der Waals surface area (Å²) in [4.78, 5) is 6.76. The zero-order chi connectivity index (χ0) is 20.8. The number of hydrogen-bond donors (Lipinski definition) is 2. The molecule has 1 fully saturated rings. The van der Waals surface area contributed by atoms with Gasteiger partial charge in [-0.15, -0.1) is 24.0 Å². The fourth-order valence-corrected chi connectivity index (χ4v) is 3.79. The smallest absolute Gasteiger partial charge is 0.191 e. The maximum absolute atomic E-state index is 5.51. The van der Waals surface area contributed by atoms with E-state index in [-0.39, 0.29) is 24.0 Å². The quantitative estimate of drug-likeness (QED) is 0.289. The normalized spacial score (nSPS) is 16.0. The molecule has 1 atom stereocenters. The molecule has 0 bridgehead atoms. The highest BCUT2D eigenvalue weighted by molar-refractivity contribution is 14.0. The number of anilines is 1. The van der Waals surface area contributed by atoms with E-state index in [1.807, 2.05) is 42.2 Å². The summed E-state index contributed by atoms with van der Waals surface area (Å²) in [6, 6.07) is 18.8. The minimum Gasteiger partial charge on any atom is -0.495 e. The number of halogens is 1. The highest BCUT2D eigenvalue weighted by atomic mass is 127. The summed E-state index contributed by atoms with van der Waals surface area (Å²) in [6.45, 7) is 2.59. The first-order chi connectivity index (χ1) is 14.8. The molecule has 0 radical (unpaired) electrons. The summed E-state index contributed by atoms with van der Waals surface area (Å²) in [5, 5.41) is 11.3. The lowest BCUT2D eigenvalue weighted by molar-refractivity contribution is 0.415. The molecule has 2 aromatic carbocycles. The van der Waals surface area contributed by atoms with Crippen LogP contribution in [-0.4, -0.2) is 49.0 Å².